The van der Waals surface area contributed by atoms with Gasteiger partial charge in [0.15, 0.2) is 0 Å². The van der Waals surface area contributed by atoms with Crippen LogP contribution in [0.1, 0.15) is 85.8 Å². The van der Waals surface area contributed by atoms with Crippen LogP contribution in [0.15, 0.2) is 17.0 Å². The van der Waals surface area contributed by atoms with Crippen molar-refractivity contribution in [3.8, 4) is 5.75 Å². The fourth-order valence-corrected chi connectivity index (χ4v) is 4.02. The second-order valence-corrected chi connectivity index (χ2v) is 10.2. The van der Waals surface area contributed by atoms with E-state index >= 15 is 0 Å². The third kappa shape index (κ3) is 5.70. The van der Waals surface area contributed by atoms with Crippen molar-refractivity contribution in [3.63, 3.8) is 0 Å². The van der Waals surface area contributed by atoms with Gasteiger partial charge in [0.2, 0.25) is 0 Å². The molecule has 0 amide bonds. The summed E-state index contributed by atoms with van der Waals surface area (Å²) in [5.74, 6) is 0.431. The minimum Gasteiger partial charge on any atom is -0.507 e. The van der Waals surface area contributed by atoms with Gasteiger partial charge in [-0.15, -0.1) is 11.8 Å². The van der Waals surface area contributed by atoms with E-state index in [2.05, 4.69) is 60.6 Å². The van der Waals surface area contributed by atoms with Crippen molar-refractivity contribution in [2.75, 3.05) is 0 Å². The zero-order valence-corrected chi connectivity index (χ0v) is 17.5. The maximum absolute atomic E-state index is 10.8. The van der Waals surface area contributed by atoms with E-state index in [0.29, 0.717) is 11.0 Å². The van der Waals surface area contributed by atoms with Gasteiger partial charge in [-0.25, -0.2) is 0 Å². The van der Waals surface area contributed by atoms with Crippen LogP contribution in [0.3, 0.4) is 0 Å². The molecule has 0 saturated heterocycles. The molecular formula is C21H36O2S. The Morgan fingerprint density at radius 1 is 0.917 bits per heavy atom. The molecule has 2 atom stereocenters. The summed E-state index contributed by atoms with van der Waals surface area (Å²) in [6.45, 7) is 17.0. The largest absolute Gasteiger partial charge is 0.507 e. The van der Waals surface area contributed by atoms with Crippen molar-refractivity contribution in [1.82, 2.24) is 0 Å². The predicted octanol–water partition coefficient (Wildman–Crippen LogP) is 6.02. The molecule has 0 aliphatic carbocycles. The van der Waals surface area contributed by atoms with Crippen LogP contribution in [0, 0.1) is 0 Å². The number of aliphatic hydroxyl groups is 1. The fourth-order valence-electron chi connectivity index (χ4n) is 2.78. The van der Waals surface area contributed by atoms with E-state index in [1.165, 1.54) is 4.90 Å². The summed E-state index contributed by atoms with van der Waals surface area (Å²) in [4.78, 5) is 1.19. The first-order valence-electron chi connectivity index (χ1n) is 9.12. The third-order valence-corrected chi connectivity index (χ3v) is 5.83. The Morgan fingerprint density at radius 2 is 1.38 bits per heavy atom. The van der Waals surface area contributed by atoms with Gasteiger partial charge in [-0.1, -0.05) is 55.4 Å². The summed E-state index contributed by atoms with van der Waals surface area (Å²) in [5, 5.41) is 21.2. The molecule has 24 heavy (non-hydrogen) atoms. The molecule has 2 nitrogen and oxygen atoms in total. The van der Waals surface area contributed by atoms with Crippen LogP contribution in [0.5, 0.6) is 5.75 Å². The van der Waals surface area contributed by atoms with Gasteiger partial charge in [-0.2, -0.15) is 0 Å². The molecule has 0 aliphatic heterocycles. The van der Waals surface area contributed by atoms with Gasteiger partial charge in [0, 0.05) is 21.3 Å². The fraction of sp³-hybridized carbons (Fsp3) is 0.714. The standard InChI is InChI=1S/C21H36O2S/c1-9-14(22)11-15(10-2)24-16-12-17(20(3,4)5)19(23)18(13-16)21(6,7)8/h12-15,22-23H,9-11H2,1-8H3. The Bertz CT molecular complexity index is 503. The predicted molar refractivity (Wildman–Crippen MR) is 106 cm³/mol. The smallest absolute Gasteiger partial charge is 0.123 e. The number of phenols is 1. The van der Waals surface area contributed by atoms with Crippen molar-refractivity contribution in [1.29, 1.82) is 0 Å². The monoisotopic (exact) mass is 352 g/mol. The highest BCUT2D eigenvalue weighted by atomic mass is 32.2. The van der Waals surface area contributed by atoms with Crippen molar-refractivity contribution >= 4 is 11.8 Å². The first-order valence-corrected chi connectivity index (χ1v) is 10.0. The van der Waals surface area contributed by atoms with Crippen LogP contribution >= 0.6 is 11.8 Å². The van der Waals surface area contributed by atoms with Gasteiger partial charge in [0.25, 0.3) is 0 Å². The molecular weight excluding hydrogens is 316 g/mol. The molecule has 0 fully saturated rings. The topological polar surface area (TPSA) is 40.5 Å². The third-order valence-electron chi connectivity index (χ3n) is 4.46. The van der Waals surface area contributed by atoms with Crippen molar-refractivity contribution < 1.29 is 10.2 Å². The lowest BCUT2D eigenvalue weighted by atomic mass is 9.79. The number of thioether (sulfide) groups is 1. The molecule has 0 saturated carbocycles. The normalized spacial score (nSPS) is 15.4. The molecule has 0 radical (unpaired) electrons. The summed E-state index contributed by atoms with van der Waals surface area (Å²) in [7, 11) is 0. The maximum Gasteiger partial charge on any atom is 0.123 e. The van der Waals surface area contributed by atoms with Crippen LogP contribution in [-0.4, -0.2) is 21.6 Å². The van der Waals surface area contributed by atoms with Crippen LogP contribution in [0.25, 0.3) is 0 Å². The Kier molecular flexibility index (Phi) is 7.25. The molecule has 3 heteroatoms. The summed E-state index contributed by atoms with van der Waals surface area (Å²) in [5.41, 5.74) is 1.79. The van der Waals surface area contributed by atoms with E-state index in [1.807, 2.05) is 18.7 Å². The number of aliphatic hydroxyl groups excluding tert-OH is 1. The Morgan fingerprint density at radius 3 is 1.71 bits per heavy atom. The molecule has 1 aromatic rings. The van der Waals surface area contributed by atoms with Gasteiger partial charge in [0.05, 0.1) is 6.10 Å². The second kappa shape index (κ2) is 8.14. The Labute approximate surface area is 153 Å². The summed E-state index contributed by atoms with van der Waals surface area (Å²) >= 11 is 1.83. The average molecular weight is 353 g/mol. The van der Waals surface area contributed by atoms with Crippen LogP contribution < -0.4 is 0 Å². The van der Waals surface area contributed by atoms with E-state index in [9.17, 15) is 10.2 Å². The van der Waals surface area contributed by atoms with Crippen molar-refractivity contribution in [3.05, 3.63) is 23.3 Å². The van der Waals surface area contributed by atoms with Gasteiger partial charge in [-0.3, -0.25) is 0 Å². The van der Waals surface area contributed by atoms with Gasteiger partial charge < -0.3 is 10.2 Å². The average Bonchev–Trinajstić information content (AvgIpc) is 2.45. The van der Waals surface area contributed by atoms with Crippen LogP contribution in [0.4, 0.5) is 0 Å². The highest BCUT2D eigenvalue weighted by molar-refractivity contribution is 8.00. The second-order valence-electron chi connectivity index (χ2n) is 8.81. The first-order chi connectivity index (χ1) is 10.9. The van der Waals surface area contributed by atoms with Gasteiger partial charge in [-0.05, 0) is 42.2 Å². The van der Waals surface area contributed by atoms with E-state index < -0.39 is 0 Å². The number of hydrogen-bond donors (Lipinski definition) is 2. The van der Waals surface area contributed by atoms with Gasteiger partial charge >= 0.3 is 0 Å². The highest BCUT2D eigenvalue weighted by Crippen LogP contribution is 2.43. The highest BCUT2D eigenvalue weighted by Gasteiger charge is 2.27. The lowest BCUT2D eigenvalue weighted by Gasteiger charge is -2.29. The Hall–Kier alpha value is -0.670. The quantitative estimate of drug-likeness (QED) is 0.615. The first kappa shape index (κ1) is 21.4. The number of benzene rings is 1. The number of phenolic OH excluding ortho intramolecular Hbond substituents is 1. The molecule has 0 aromatic heterocycles. The molecule has 138 valence electrons. The molecule has 2 N–H and O–H groups in total. The minimum absolute atomic E-state index is 0.106. The SMILES string of the molecule is CCC(O)CC(CC)Sc1cc(C(C)(C)C)c(O)c(C(C)(C)C)c1. The molecule has 0 bridgehead atoms. The van der Waals surface area contributed by atoms with Crippen molar-refractivity contribution in [2.45, 2.75) is 102 Å². The zero-order valence-electron chi connectivity index (χ0n) is 16.7. The van der Waals surface area contributed by atoms with E-state index in [-0.39, 0.29) is 16.9 Å². The Balaban J connectivity index is 3.28. The summed E-state index contributed by atoms with van der Waals surface area (Å²) in [6.07, 6.45) is 2.41. The van der Waals surface area contributed by atoms with Crippen molar-refractivity contribution in [2.24, 2.45) is 0 Å². The van der Waals surface area contributed by atoms with Crippen LogP contribution in [-0.2, 0) is 10.8 Å². The number of aromatic hydroxyl groups is 1. The summed E-state index contributed by atoms with van der Waals surface area (Å²) in [6, 6.07) is 4.27. The molecule has 0 heterocycles. The summed E-state index contributed by atoms with van der Waals surface area (Å²) < 4.78 is 0. The maximum atomic E-state index is 10.8. The van der Waals surface area contributed by atoms with Crippen LogP contribution in [0.2, 0.25) is 0 Å². The molecule has 1 aromatic carbocycles. The minimum atomic E-state index is -0.233. The van der Waals surface area contributed by atoms with E-state index in [4.69, 9.17) is 0 Å². The van der Waals surface area contributed by atoms with E-state index in [1.54, 1.807) is 0 Å². The molecule has 1 rings (SSSR count). The lowest BCUT2D eigenvalue weighted by molar-refractivity contribution is 0.159. The zero-order chi connectivity index (χ0) is 18.7. The molecule has 0 aliphatic rings. The van der Waals surface area contributed by atoms with Gasteiger partial charge in [0.1, 0.15) is 5.75 Å². The lowest BCUT2D eigenvalue weighted by Crippen LogP contribution is -2.18. The number of rotatable bonds is 6. The molecule has 2 unspecified atom stereocenters. The number of hydrogen-bond acceptors (Lipinski definition) is 3. The van der Waals surface area contributed by atoms with E-state index in [0.717, 1.165) is 30.4 Å². The molecule has 0 spiro atoms.